The lowest BCUT2D eigenvalue weighted by Gasteiger charge is -2.41. The number of hydrogen-bond acceptors (Lipinski definition) is 6. The molecular weight excluding hydrogens is 492 g/mol. The molecule has 1 spiro atoms. The average Bonchev–Trinajstić information content (AvgIpc) is 3.41. The van der Waals surface area contributed by atoms with Gasteiger partial charge in [0.25, 0.3) is 5.91 Å². The number of carbonyl (C=O) groups is 1. The molecular formula is C31H40N4O2S. The van der Waals surface area contributed by atoms with Crippen molar-refractivity contribution < 1.29 is 9.90 Å². The molecule has 1 amide bonds. The molecule has 2 saturated heterocycles. The second kappa shape index (κ2) is 9.76. The lowest BCUT2D eigenvalue weighted by Crippen LogP contribution is -2.49. The lowest BCUT2D eigenvalue weighted by molar-refractivity contribution is 0.0542. The van der Waals surface area contributed by atoms with Crippen molar-refractivity contribution in [2.24, 2.45) is 23.2 Å². The van der Waals surface area contributed by atoms with E-state index in [0.29, 0.717) is 28.9 Å². The number of hydrogen-bond donors (Lipinski definition) is 2. The number of nitrogens with zero attached hydrogens (tertiary/aromatic N) is 3. The Morgan fingerprint density at radius 3 is 2.55 bits per heavy atom. The van der Waals surface area contributed by atoms with E-state index in [1.54, 1.807) is 11.3 Å². The zero-order valence-electron chi connectivity index (χ0n) is 22.4. The fourth-order valence-electron chi connectivity index (χ4n) is 7.94. The first kappa shape index (κ1) is 24.8. The van der Waals surface area contributed by atoms with E-state index in [2.05, 4.69) is 46.3 Å². The first-order chi connectivity index (χ1) is 18.5. The number of thiophene rings is 1. The number of aliphatic hydroxyl groups excluding tert-OH is 1. The smallest absolute Gasteiger partial charge is 0.255 e. The van der Waals surface area contributed by atoms with E-state index >= 15 is 0 Å². The molecule has 2 aromatic rings. The van der Waals surface area contributed by atoms with Crippen LogP contribution in [0.1, 0.15) is 60.2 Å². The number of amides is 1. The lowest BCUT2D eigenvalue weighted by atomic mass is 9.89. The van der Waals surface area contributed by atoms with Crippen LogP contribution < -0.4 is 10.2 Å². The molecule has 0 unspecified atom stereocenters. The van der Waals surface area contributed by atoms with E-state index in [1.165, 1.54) is 24.1 Å². The first-order valence-electron chi connectivity index (χ1n) is 14.7. The molecule has 202 valence electrons. The van der Waals surface area contributed by atoms with Crippen molar-refractivity contribution in [3.63, 3.8) is 0 Å². The maximum absolute atomic E-state index is 13.6. The van der Waals surface area contributed by atoms with E-state index in [0.717, 1.165) is 80.7 Å². The highest BCUT2D eigenvalue weighted by molar-refractivity contribution is 7.15. The van der Waals surface area contributed by atoms with Crippen molar-refractivity contribution in [2.75, 3.05) is 37.6 Å². The number of anilines is 1. The van der Waals surface area contributed by atoms with Gasteiger partial charge in [-0.1, -0.05) is 12.2 Å². The van der Waals surface area contributed by atoms with Crippen LogP contribution >= 0.6 is 11.3 Å². The van der Waals surface area contributed by atoms with E-state index in [1.807, 2.05) is 12.1 Å². The predicted molar refractivity (Wildman–Crippen MR) is 153 cm³/mol. The van der Waals surface area contributed by atoms with Crippen LogP contribution in [0.5, 0.6) is 0 Å². The van der Waals surface area contributed by atoms with Crippen LogP contribution in [0.25, 0.3) is 10.6 Å². The van der Waals surface area contributed by atoms with E-state index < -0.39 is 0 Å². The highest BCUT2D eigenvalue weighted by atomic mass is 32.1. The molecule has 7 heteroatoms. The molecule has 3 atom stereocenters. The zero-order chi connectivity index (χ0) is 25.9. The molecule has 2 N–H and O–H groups in total. The number of nitrogens with one attached hydrogen (secondary N) is 1. The van der Waals surface area contributed by atoms with Gasteiger partial charge >= 0.3 is 0 Å². The summed E-state index contributed by atoms with van der Waals surface area (Å²) in [6, 6.07) is 8.86. The van der Waals surface area contributed by atoms with Gasteiger partial charge in [-0.05, 0) is 99.3 Å². The summed E-state index contributed by atoms with van der Waals surface area (Å²) in [5.41, 5.74) is 2.22. The van der Waals surface area contributed by atoms with Gasteiger partial charge in [0.2, 0.25) is 0 Å². The highest BCUT2D eigenvalue weighted by Gasteiger charge is 2.62. The second-order valence-corrected chi connectivity index (χ2v) is 13.7. The van der Waals surface area contributed by atoms with Crippen LogP contribution in [0.15, 0.2) is 36.4 Å². The van der Waals surface area contributed by atoms with Crippen molar-refractivity contribution in [3.8, 4) is 10.6 Å². The second-order valence-electron chi connectivity index (χ2n) is 12.4. The first-order valence-corrected chi connectivity index (χ1v) is 15.5. The SMILES string of the molecule is Cc1ccc(-c2ccc(C(=O)NC[C@@H]3C[C@H]4C=C[C@@H]3C43CC3)c(N3CCC(N4CCC(O)CC4)CC3)n2)s1. The Bertz CT molecular complexity index is 1220. The molecule has 2 aliphatic heterocycles. The van der Waals surface area contributed by atoms with Crippen LogP contribution in [0.4, 0.5) is 5.82 Å². The van der Waals surface area contributed by atoms with E-state index in [-0.39, 0.29) is 12.0 Å². The van der Waals surface area contributed by atoms with Crippen LogP contribution in [0.2, 0.25) is 0 Å². The van der Waals surface area contributed by atoms with Crippen LogP contribution in [0.3, 0.4) is 0 Å². The average molecular weight is 533 g/mol. The topological polar surface area (TPSA) is 68.7 Å². The highest BCUT2D eigenvalue weighted by Crippen LogP contribution is 2.69. The number of piperidine rings is 2. The van der Waals surface area contributed by atoms with Gasteiger partial charge in [-0.3, -0.25) is 4.79 Å². The number of carbonyl (C=O) groups excluding carboxylic acids is 1. The molecule has 0 aromatic carbocycles. The third kappa shape index (κ3) is 4.40. The third-order valence-corrected chi connectivity index (χ3v) is 11.3. The molecule has 2 aromatic heterocycles. The Morgan fingerprint density at radius 2 is 1.87 bits per heavy atom. The molecule has 3 aliphatic carbocycles. The number of allylic oxidation sites excluding steroid dienone is 2. The molecule has 5 aliphatic rings. The Morgan fingerprint density at radius 1 is 1.08 bits per heavy atom. The molecule has 38 heavy (non-hydrogen) atoms. The zero-order valence-corrected chi connectivity index (χ0v) is 23.3. The minimum atomic E-state index is -0.134. The quantitative estimate of drug-likeness (QED) is 0.520. The van der Waals surface area contributed by atoms with Crippen molar-refractivity contribution in [1.29, 1.82) is 0 Å². The van der Waals surface area contributed by atoms with Gasteiger partial charge in [-0.2, -0.15) is 0 Å². The van der Waals surface area contributed by atoms with Gasteiger partial charge in [-0.25, -0.2) is 4.98 Å². The number of aryl methyl sites for hydroxylation is 1. The van der Waals surface area contributed by atoms with Gasteiger partial charge in [0.15, 0.2) is 0 Å². The van der Waals surface area contributed by atoms with Crippen LogP contribution in [-0.2, 0) is 0 Å². The number of aliphatic hydroxyl groups is 1. The summed E-state index contributed by atoms with van der Waals surface area (Å²) in [7, 11) is 0. The fourth-order valence-corrected chi connectivity index (χ4v) is 8.78. The fraction of sp³-hybridized carbons (Fsp3) is 0.613. The minimum absolute atomic E-state index is 0.0187. The van der Waals surface area contributed by atoms with Gasteiger partial charge in [0.05, 0.1) is 22.2 Å². The Labute approximate surface area is 230 Å². The predicted octanol–water partition coefficient (Wildman–Crippen LogP) is 4.88. The summed E-state index contributed by atoms with van der Waals surface area (Å²) < 4.78 is 0. The maximum atomic E-state index is 13.6. The normalized spacial score (nSPS) is 28.9. The summed E-state index contributed by atoms with van der Waals surface area (Å²) in [6.07, 6.45) is 12.6. The maximum Gasteiger partial charge on any atom is 0.255 e. The molecule has 4 fully saturated rings. The summed E-state index contributed by atoms with van der Waals surface area (Å²) in [4.78, 5) is 26.1. The summed E-state index contributed by atoms with van der Waals surface area (Å²) in [5.74, 6) is 2.82. The molecule has 6 nitrogen and oxygen atoms in total. The van der Waals surface area contributed by atoms with E-state index in [9.17, 15) is 9.90 Å². The molecule has 7 rings (SSSR count). The minimum Gasteiger partial charge on any atom is -0.393 e. The summed E-state index contributed by atoms with van der Waals surface area (Å²) in [6.45, 7) is 6.68. The third-order valence-electron chi connectivity index (χ3n) is 10.3. The van der Waals surface area contributed by atoms with Crippen molar-refractivity contribution in [3.05, 3.63) is 46.9 Å². The Hall–Kier alpha value is -2.22. The van der Waals surface area contributed by atoms with Crippen molar-refractivity contribution in [2.45, 2.75) is 64.0 Å². The summed E-state index contributed by atoms with van der Waals surface area (Å²) >= 11 is 1.75. The summed E-state index contributed by atoms with van der Waals surface area (Å²) in [5, 5.41) is 13.2. The number of rotatable bonds is 6. The van der Waals surface area contributed by atoms with E-state index in [4.69, 9.17) is 4.98 Å². The molecule has 0 radical (unpaired) electrons. The number of aromatic nitrogens is 1. The monoisotopic (exact) mass is 532 g/mol. The molecule has 4 heterocycles. The van der Waals surface area contributed by atoms with Crippen LogP contribution in [-0.4, -0.2) is 65.8 Å². The van der Waals surface area contributed by atoms with Crippen molar-refractivity contribution >= 4 is 23.1 Å². The van der Waals surface area contributed by atoms with Gasteiger partial charge < -0.3 is 20.2 Å². The number of likely N-dealkylation sites (tertiary alicyclic amines) is 1. The molecule has 2 saturated carbocycles. The van der Waals surface area contributed by atoms with Gasteiger partial charge in [0, 0.05) is 43.6 Å². The Balaban J connectivity index is 1.08. The standard InChI is InChI=1S/C31H40N4O2S/c1-20-2-7-28(38-20)27-6-4-25(30(37)32-19-21-18-22-3-5-26(21)31(22)12-13-31)29(33-27)35-14-8-23(9-15-35)34-16-10-24(36)11-17-34/h2-7,21-24,26,36H,8-19H2,1H3,(H,32,37)/t21-,22+,26-/m0/s1. The van der Waals surface area contributed by atoms with Gasteiger partial charge in [-0.15, -0.1) is 11.3 Å². The largest absolute Gasteiger partial charge is 0.393 e. The molecule has 2 bridgehead atoms. The number of pyridine rings is 1. The van der Waals surface area contributed by atoms with Crippen molar-refractivity contribution in [1.82, 2.24) is 15.2 Å². The Kier molecular flexibility index (Phi) is 6.37. The van der Waals surface area contributed by atoms with Gasteiger partial charge in [0.1, 0.15) is 5.82 Å². The van der Waals surface area contributed by atoms with Crippen LogP contribution in [0, 0.1) is 30.1 Å².